The molecule has 1 atom stereocenters. The van der Waals surface area contributed by atoms with E-state index in [2.05, 4.69) is 5.32 Å². The smallest absolute Gasteiger partial charge is 0.211 e. The standard InChI is InChI=1S/C13H26N2O4S/c1-20(17,18)15-6-2-3-12(10-15)9-14-11-13(16)4-7-19-8-5-13/h12,14,16H,2-11H2,1H3. The highest BCUT2D eigenvalue weighted by Crippen LogP contribution is 2.21. The molecule has 20 heavy (non-hydrogen) atoms. The summed E-state index contributed by atoms with van der Waals surface area (Å²) in [5.41, 5.74) is -0.663. The molecule has 2 N–H and O–H groups in total. The van der Waals surface area contributed by atoms with Gasteiger partial charge in [-0.3, -0.25) is 0 Å². The molecule has 0 amide bonds. The highest BCUT2D eigenvalue weighted by Gasteiger charge is 2.30. The Morgan fingerprint density at radius 3 is 2.75 bits per heavy atom. The van der Waals surface area contributed by atoms with Gasteiger partial charge in [-0.05, 0) is 25.3 Å². The van der Waals surface area contributed by atoms with Crippen molar-refractivity contribution >= 4 is 10.0 Å². The average molecular weight is 306 g/mol. The van der Waals surface area contributed by atoms with Gasteiger partial charge < -0.3 is 15.2 Å². The molecule has 0 aliphatic carbocycles. The molecule has 0 saturated carbocycles. The summed E-state index contributed by atoms with van der Waals surface area (Å²) in [5, 5.41) is 13.6. The zero-order chi connectivity index (χ0) is 14.6. The van der Waals surface area contributed by atoms with Crippen molar-refractivity contribution < 1.29 is 18.3 Å². The van der Waals surface area contributed by atoms with Crippen molar-refractivity contribution in [2.75, 3.05) is 45.6 Å². The number of aliphatic hydroxyl groups is 1. The quantitative estimate of drug-likeness (QED) is 0.735. The predicted octanol–water partition coefficient (Wildman–Crippen LogP) is -0.211. The van der Waals surface area contributed by atoms with Gasteiger partial charge in [0, 0.05) is 45.7 Å². The van der Waals surface area contributed by atoms with Crippen molar-refractivity contribution in [3.63, 3.8) is 0 Å². The summed E-state index contributed by atoms with van der Waals surface area (Å²) in [4.78, 5) is 0. The minimum atomic E-state index is -3.08. The maximum absolute atomic E-state index is 11.6. The largest absolute Gasteiger partial charge is 0.388 e. The first-order chi connectivity index (χ1) is 9.39. The van der Waals surface area contributed by atoms with E-state index in [0.29, 0.717) is 51.6 Å². The second-order valence-corrected chi connectivity index (χ2v) is 8.08. The second-order valence-electron chi connectivity index (χ2n) is 6.10. The number of rotatable bonds is 5. The van der Waals surface area contributed by atoms with Gasteiger partial charge in [-0.2, -0.15) is 0 Å². The van der Waals surface area contributed by atoms with Crippen molar-refractivity contribution in [3.8, 4) is 0 Å². The molecule has 0 aromatic carbocycles. The molecule has 2 aliphatic heterocycles. The lowest BCUT2D eigenvalue weighted by atomic mass is 9.93. The maximum Gasteiger partial charge on any atom is 0.211 e. The van der Waals surface area contributed by atoms with Gasteiger partial charge in [-0.15, -0.1) is 0 Å². The number of hydrogen-bond acceptors (Lipinski definition) is 5. The molecule has 6 nitrogen and oxygen atoms in total. The number of nitrogens with one attached hydrogen (secondary N) is 1. The van der Waals surface area contributed by atoms with Gasteiger partial charge in [0.1, 0.15) is 0 Å². The van der Waals surface area contributed by atoms with Crippen LogP contribution in [0.25, 0.3) is 0 Å². The molecule has 0 aromatic heterocycles. The van der Waals surface area contributed by atoms with Crippen LogP contribution in [0.4, 0.5) is 0 Å². The molecule has 2 heterocycles. The lowest BCUT2D eigenvalue weighted by Gasteiger charge is -2.34. The number of sulfonamides is 1. The first kappa shape index (κ1) is 16.2. The van der Waals surface area contributed by atoms with Crippen LogP contribution in [0, 0.1) is 5.92 Å². The topological polar surface area (TPSA) is 78.9 Å². The van der Waals surface area contributed by atoms with Gasteiger partial charge in [0.25, 0.3) is 0 Å². The van der Waals surface area contributed by atoms with Crippen molar-refractivity contribution in [3.05, 3.63) is 0 Å². The molecular formula is C13H26N2O4S. The molecule has 0 radical (unpaired) electrons. The molecule has 2 fully saturated rings. The Morgan fingerprint density at radius 2 is 2.10 bits per heavy atom. The molecule has 2 saturated heterocycles. The molecule has 118 valence electrons. The molecule has 0 spiro atoms. The van der Waals surface area contributed by atoms with Crippen LogP contribution < -0.4 is 5.32 Å². The number of nitrogens with zero attached hydrogens (tertiary/aromatic N) is 1. The lowest BCUT2D eigenvalue weighted by Crippen LogP contribution is -2.48. The monoisotopic (exact) mass is 306 g/mol. The van der Waals surface area contributed by atoms with E-state index in [9.17, 15) is 13.5 Å². The first-order valence-corrected chi connectivity index (χ1v) is 9.20. The Balaban J connectivity index is 1.73. The summed E-state index contributed by atoms with van der Waals surface area (Å²) in [6.45, 7) is 3.78. The SMILES string of the molecule is CS(=O)(=O)N1CCCC(CNCC2(O)CCOCC2)C1. The third-order valence-electron chi connectivity index (χ3n) is 4.26. The molecule has 7 heteroatoms. The average Bonchev–Trinajstić information content (AvgIpc) is 2.39. The van der Waals surface area contributed by atoms with Crippen molar-refractivity contribution in [2.24, 2.45) is 5.92 Å². The Kier molecular flexibility index (Phi) is 5.42. The van der Waals surface area contributed by atoms with Crippen LogP contribution in [0.3, 0.4) is 0 Å². The number of hydrogen-bond donors (Lipinski definition) is 2. The van der Waals surface area contributed by atoms with Crippen molar-refractivity contribution in [1.29, 1.82) is 0 Å². The van der Waals surface area contributed by atoms with Crippen LogP contribution in [-0.2, 0) is 14.8 Å². The van der Waals surface area contributed by atoms with Gasteiger partial charge in [-0.1, -0.05) is 0 Å². The summed E-state index contributed by atoms with van der Waals surface area (Å²) in [5.74, 6) is 0.335. The summed E-state index contributed by atoms with van der Waals surface area (Å²) >= 11 is 0. The molecule has 1 unspecified atom stereocenters. The highest BCUT2D eigenvalue weighted by molar-refractivity contribution is 7.88. The van der Waals surface area contributed by atoms with Crippen LogP contribution >= 0.6 is 0 Å². The molecule has 0 aromatic rings. The Labute approximate surface area is 121 Å². The second kappa shape index (κ2) is 6.70. The van der Waals surface area contributed by atoms with Crippen LogP contribution in [0.15, 0.2) is 0 Å². The fraction of sp³-hybridized carbons (Fsp3) is 1.00. The van der Waals surface area contributed by atoms with E-state index in [1.165, 1.54) is 6.26 Å². The highest BCUT2D eigenvalue weighted by atomic mass is 32.2. The lowest BCUT2D eigenvalue weighted by molar-refractivity contribution is -0.0619. The third kappa shape index (κ3) is 4.66. The Morgan fingerprint density at radius 1 is 1.40 bits per heavy atom. The summed E-state index contributed by atoms with van der Waals surface area (Å²) in [6.07, 6.45) is 4.56. The summed E-state index contributed by atoms with van der Waals surface area (Å²) in [7, 11) is -3.08. The molecule has 2 rings (SSSR count). The van der Waals surface area contributed by atoms with E-state index in [4.69, 9.17) is 4.74 Å². The molecule has 2 aliphatic rings. The zero-order valence-electron chi connectivity index (χ0n) is 12.2. The van der Waals surface area contributed by atoms with Gasteiger partial charge in [0.2, 0.25) is 10.0 Å². The van der Waals surface area contributed by atoms with Gasteiger partial charge in [-0.25, -0.2) is 12.7 Å². The van der Waals surface area contributed by atoms with E-state index in [-0.39, 0.29) is 0 Å². The number of ether oxygens (including phenoxy) is 1. The van der Waals surface area contributed by atoms with E-state index >= 15 is 0 Å². The minimum Gasteiger partial charge on any atom is -0.388 e. The molecular weight excluding hydrogens is 280 g/mol. The first-order valence-electron chi connectivity index (χ1n) is 7.35. The fourth-order valence-electron chi connectivity index (χ4n) is 2.93. The van der Waals surface area contributed by atoms with Gasteiger partial charge in [0.15, 0.2) is 0 Å². The zero-order valence-corrected chi connectivity index (χ0v) is 13.0. The normalized spacial score (nSPS) is 28.4. The molecule has 0 bridgehead atoms. The summed E-state index contributed by atoms with van der Waals surface area (Å²) in [6, 6.07) is 0. The Bertz CT molecular complexity index is 407. The summed E-state index contributed by atoms with van der Waals surface area (Å²) < 4.78 is 29.9. The van der Waals surface area contributed by atoms with E-state index in [1.807, 2.05) is 0 Å². The minimum absolute atomic E-state index is 0.335. The van der Waals surface area contributed by atoms with E-state index in [0.717, 1.165) is 19.4 Å². The van der Waals surface area contributed by atoms with Gasteiger partial charge >= 0.3 is 0 Å². The van der Waals surface area contributed by atoms with Crippen LogP contribution in [0.2, 0.25) is 0 Å². The third-order valence-corrected chi connectivity index (χ3v) is 5.53. The van der Waals surface area contributed by atoms with Crippen molar-refractivity contribution in [2.45, 2.75) is 31.3 Å². The Hall–Kier alpha value is -0.210. The number of piperidine rings is 1. The maximum atomic E-state index is 11.6. The van der Waals surface area contributed by atoms with Crippen LogP contribution in [-0.4, -0.2) is 69.1 Å². The van der Waals surface area contributed by atoms with Crippen molar-refractivity contribution in [1.82, 2.24) is 9.62 Å². The van der Waals surface area contributed by atoms with Gasteiger partial charge in [0.05, 0.1) is 11.9 Å². The van der Waals surface area contributed by atoms with E-state index < -0.39 is 15.6 Å². The van der Waals surface area contributed by atoms with E-state index in [1.54, 1.807) is 4.31 Å². The predicted molar refractivity (Wildman–Crippen MR) is 77.0 cm³/mol. The fourth-order valence-corrected chi connectivity index (χ4v) is 3.87. The van der Waals surface area contributed by atoms with Crippen LogP contribution in [0.1, 0.15) is 25.7 Å². The van der Waals surface area contributed by atoms with Crippen LogP contribution in [0.5, 0.6) is 0 Å².